The first-order valence-electron chi connectivity index (χ1n) is 6.07. The molecule has 0 saturated carbocycles. The average Bonchev–Trinajstić information content (AvgIpc) is 2.37. The number of nitrogens with two attached hydrogens (primary N) is 1. The van der Waals surface area contributed by atoms with Crippen molar-refractivity contribution in [3.05, 3.63) is 40.2 Å². The van der Waals surface area contributed by atoms with Gasteiger partial charge in [0.25, 0.3) is 5.56 Å². The van der Waals surface area contributed by atoms with E-state index < -0.39 is 0 Å². The first kappa shape index (κ1) is 13.5. The topological polar surface area (TPSA) is 60.4 Å². The molecule has 2 rings (SSSR count). The van der Waals surface area contributed by atoms with Crippen LogP contribution in [-0.4, -0.2) is 16.3 Å². The van der Waals surface area contributed by atoms with Gasteiger partial charge in [0.2, 0.25) is 0 Å². The Labute approximate surface area is 116 Å². The Kier molecular flexibility index (Phi) is 4.10. The summed E-state index contributed by atoms with van der Waals surface area (Å²) in [5, 5.41) is 3.37. The monoisotopic (exact) mass is 273 g/mol. The third-order valence-corrected chi connectivity index (χ3v) is 3.19. The van der Waals surface area contributed by atoms with Gasteiger partial charge in [0.1, 0.15) is 0 Å². The molecule has 0 aliphatic heterocycles. The predicted octanol–water partition coefficient (Wildman–Crippen LogP) is 2.39. The highest BCUT2D eigenvalue weighted by Gasteiger charge is 2.06. The highest BCUT2D eigenvalue weighted by atomic mass is 32.1. The Morgan fingerprint density at radius 1 is 1.42 bits per heavy atom. The Balaban J connectivity index is 2.49. The Hall–Kier alpha value is -1.97. The molecule has 1 aromatic carbocycles. The summed E-state index contributed by atoms with van der Waals surface area (Å²) in [6.45, 7) is 3.11. The van der Waals surface area contributed by atoms with Crippen molar-refractivity contribution in [2.45, 2.75) is 19.9 Å². The van der Waals surface area contributed by atoms with E-state index in [1.54, 1.807) is 10.6 Å². The van der Waals surface area contributed by atoms with Crippen LogP contribution in [0.2, 0.25) is 0 Å². The summed E-state index contributed by atoms with van der Waals surface area (Å²) < 4.78 is 1.73. The van der Waals surface area contributed by atoms with Gasteiger partial charge in [-0.3, -0.25) is 4.79 Å². The van der Waals surface area contributed by atoms with Crippen LogP contribution in [0.5, 0.6) is 0 Å². The number of aliphatic imine (C=N–C) groups is 1. The first-order chi connectivity index (χ1) is 9.13. The number of pyridine rings is 1. The molecular formula is C14H15N3OS. The molecular weight excluding hydrogens is 258 g/mol. The summed E-state index contributed by atoms with van der Waals surface area (Å²) >= 11 is 4.52. The fourth-order valence-corrected chi connectivity index (χ4v) is 2.24. The first-order valence-corrected chi connectivity index (χ1v) is 6.47. The highest BCUT2D eigenvalue weighted by Crippen LogP contribution is 2.19. The quantitative estimate of drug-likeness (QED) is 0.403. The number of nitrogen functional groups attached to an aromatic ring is 1. The van der Waals surface area contributed by atoms with Crippen molar-refractivity contribution in [1.82, 2.24) is 4.57 Å². The molecule has 0 fully saturated rings. The molecule has 19 heavy (non-hydrogen) atoms. The number of fused-ring (bicyclic) bond motifs is 1. The molecule has 0 unspecified atom stereocenters. The molecule has 1 aromatic heterocycles. The van der Waals surface area contributed by atoms with Crippen molar-refractivity contribution < 1.29 is 0 Å². The normalized spacial score (nSPS) is 10.4. The molecule has 5 heteroatoms. The predicted molar refractivity (Wildman–Crippen MR) is 81.9 cm³/mol. The molecule has 0 spiro atoms. The number of aromatic nitrogens is 1. The largest absolute Gasteiger partial charge is 0.399 e. The van der Waals surface area contributed by atoms with Gasteiger partial charge in [-0.1, -0.05) is 6.07 Å². The van der Waals surface area contributed by atoms with Crippen LogP contribution in [0, 0.1) is 6.92 Å². The molecule has 0 atom stereocenters. The molecule has 98 valence electrons. The zero-order valence-corrected chi connectivity index (χ0v) is 11.5. The van der Waals surface area contributed by atoms with Gasteiger partial charge in [-0.2, -0.15) is 0 Å². The standard InChI is InChI=1S/C14H15N3OS/c1-10-7-14(18)17(6-2-5-16-9-19)13-8-11(15)3-4-12(10)13/h3-4,7-8H,2,5-6,15H2,1H3. The zero-order valence-electron chi connectivity index (χ0n) is 10.7. The highest BCUT2D eigenvalue weighted by molar-refractivity contribution is 7.78. The number of isothiocyanates is 1. The van der Waals surface area contributed by atoms with Crippen molar-refractivity contribution in [2.24, 2.45) is 4.99 Å². The third-order valence-electron chi connectivity index (χ3n) is 3.06. The van der Waals surface area contributed by atoms with Crippen molar-refractivity contribution in [2.75, 3.05) is 12.3 Å². The van der Waals surface area contributed by atoms with Gasteiger partial charge >= 0.3 is 0 Å². The van der Waals surface area contributed by atoms with Crippen LogP contribution in [0.15, 0.2) is 34.1 Å². The van der Waals surface area contributed by atoms with E-state index in [0.717, 1.165) is 22.9 Å². The van der Waals surface area contributed by atoms with Crippen LogP contribution in [0.4, 0.5) is 5.69 Å². The van der Waals surface area contributed by atoms with Crippen LogP contribution in [0.1, 0.15) is 12.0 Å². The van der Waals surface area contributed by atoms with Gasteiger partial charge in [-0.05, 0) is 43.3 Å². The molecule has 0 bridgehead atoms. The van der Waals surface area contributed by atoms with Crippen LogP contribution < -0.4 is 11.3 Å². The second-order valence-corrected chi connectivity index (χ2v) is 4.60. The average molecular weight is 273 g/mol. The molecule has 0 radical (unpaired) electrons. The summed E-state index contributed by atoms with van der Waals surface area (Å²) in [4.78, 5) is 15.9. The van der Waals surface area contributed by atoms with E-state index in [1.807, 2.05) is 25.1 Å². The van der Waals surface area contributed by atoms with E-state index in [4.69, 9.17) is 5.73 Å². The van der Waals surface area contributed by atoms with E-state index in [1.165, 1.54) is 0 Å². The lowest BCUT2D eigenvalue weighted by molar-refractivity contribution is 0.651. The van der Waals surface area contributed by atoms with E-state index in [2.05, 4.69) is 22.4 Å². The van der Waals surface area contributed by atoms with Crippen LogP contribution in [0.25, 0.3) is 10.9 Å². The second kappa shape index (κ2) is 5.78. The van der Waals surface area contributed by atoms with Crippen LogP contribution in [0.3, 0.4) is 0 Å². The Morgan fingerprint density at radius 3 is 2.95 bits per heavy atom. The minimum absolute atomic E-state index is 0.0121. The van der Waals surface area contributed by atoms with E-state index in [9.17, 15) is 4.79 Å². The smallest absolute Gasteiger partial charge is 0.251 e. The van der Waals surface area contributed by atoms with Crippen LogP contribution in [-0.2, 0) is 6.54 Å². The van der Waals surface area contributed by atoms with Crippen molar-refractivity contribution in [3.63, 3.8) is 0 Å². The van der Waals surface area contributed by atoms with Gasteiger partial charge in [0.05, 0.1) is 17.2 Å². The molecule has 0 aliphatic rings. The summed E-state index contributed by atoms with van der Waals surface area (Å²) in [7, 11) is 0. The molecule has 0 saturated heterocycles. The van der Waals surface area contributed by atoms with Gasteiger partial charge in [0, 0.05) is 23.7 Å². The number of nitrogens with zero attached hydrogens (tertiary/aromatic N) is 2. The molecule has 0 amide bonds. The second-order valence-electron chi connectivity index (χ2n) is 4.42. The number of rotatable bonds is 4. The molecule has 4 nitrogen and oxygen atoms in total. The summed E-state index contributed by atoms with van der Waals surface area (Å²) in [5.74, 6) is 0. The number of hydrogen-bond donors (Lipinski definition) is 1. The van der Waals surface area contributed by atoms with E-state index in [0.29, 0.717) is 18.8 Å². The fraction of sp³-hybridized carbons (Fsp3) is 0.286. The summed E-state index contributed by atoms with van der Waals surface area (Å²) in [6, 6.07) is 7.29. The van der Waals surface area contributed by atoms with Gasteiger partial charge in [-0.15, -0.1) is 0 Å². The lowest BCUT2D eigenvalue weighted by atomic mass is 10.1. The lowest BCUT2D eigenvalue weighted by Gasteiger charge is -2.12. The number of aryl methyl sites for hydroxylation is 2. The fourth-order valence-electron chi connectivity index (χ4n) is 2.15. The number of benzene rings is 1. The molecule has 0 aliphatic carbocycles. The van der Waals surface area contributed by atoms with Crippen LogP contribution >= 0.6 is 12.2 Å². The van der Waals surface area contributed by atoms with Crippen molar-refractivity contribution >= 4 is 34.0 Å². The summed E-state index contributed by atoms with van der Waals surface area (Å²) in [6.07, 6.45) is 0.747. The maximum Gasteiger partial charge on any atom is 0.251 e. The number of hydrogen-bond acceptors (Lipinski definition) is 4. The van der Waals surface area contributed by atoms with Gasteiger partial charge in [-0.25, -0.2) is 4.99 Å². The Morgan fingerprint density at radius 2 is 2.21 bits per heavy atom. The van der Waals surface area contributed by atoms with E-state index >= 15 is 0 Å². The van der Waals surface area contributed by atoms with Crippen molar-refractivity contribution in [3.8, 4) is 0 Å². The maximum absolute atomic E-state index is 12.1. The summed E-state index contributed by atoms with van der Waals surface area (Å²) in [5.41, 5.74) is 8.29. The number of anilines is 1. The lowest BCUT2D eigenvalue weighted by Crippen LogP contribution is -2.21. The van der Waals surface area contributed by atoms with Crippen molar-refractivity contribution in [1.29, 1.82) is 0 Å². The van der Waals surface area contributed by atoms with Gasteiger partial charge in [0.15, 0.2) is 0 Å². The SMILES string of the molecule is Cc1cc(=O)n(CCCN=C=S)c2cc(N)ccc12. The zero-order chi connectivity index (χ0) is 13.8. The Bertz CT molecular complexity index is 714. The molecule has 2 N–H and O–H groups in total. The maximum atomic E-state index is 12.1. The van der Waals surface area contributed by atoms with Gasteiger partial charge < -0.3 is 10.3 Å². The number of thiocarbonyl (C=S) groups is 1. The molecule has 1 heterocycles. The molecule has 2 aromatic rings. The van der Waals surface area contributed by atoms with E-state index in [-0.39, 0.29) is 5.56 Å². The third kappa shape index (κ3) is 2.89. The minimum atomic E-state index is -0.0121. The minimum Gasteiger partial charge on any atom is -0.399 e.